The molecule has 1 saturated carbocycles. The average molecular weight is 290 g/mol. The van der Waals surface area contributed by atoms with Gasteiger partial charge in [-0.2, -0.15) is 0 Å². The topological polar surface area (TPSA) is 49.8 Å². The number of anilines is 2. The van der Waals surface area contributed by atoms with Gasteiger partial charge in [-0.1, -0.05) is 41.0 Å². The molecule has 21 heavy (non-hydrogen) atoms. The van der Waals surface area contributed by atoms with E-state index in [9.17, 15) is 0 Å². The van der Waals surface area contributed by atoms with E-state index in [0.29, 0.717) is 6.04 Å². The van der Waals surface area contributed by atoms with Crippen molar-refractivity contribution in [2.75, 3.05) is 17.2 Å². The van der Waals surface area contributed by atoms with Gasteiger partial charge in [-0.05, 0) is 25.2 Å². The van der Waals surface area contributed by atoms with Gasteiger partial charge in [0.2, 0.25) is 0 Å². The summed E-state index contributed by atoms with van der Waals surface area (Å²) in [5.74, 6) is 3.64. The second-order valence-electron chi connectivity index (χ2n) is 7.17. The third kappa shape index (κ3) is 4.58. The highest BCUT2D eigenvalue weighted by atomic mass is 15.1. The summed E-state index contributed by atoms with van der Waals surface area (Å²) in [5, 5.41) is 6.98. The van der Waals surface area contributed by atoms with Crippen molar-refractivity contribution in [1.29, 1.82) is 0 Å². The predicted octanol–water partition coefficient (Wildman–Crippen LogP) is 4.20. The van der Waals surface area contributed by atoms with Crippen LogP contribution in [0.4, 0.5) is 11.6 Å². The van der Waals surface area contributed by atoms with Gasteiger partial charge in [0.05, 0.1) is 0 Å². The van der Waals surface area contributed by atoms with Crippen molar-refractivity contribution in [2.24, 2.45) is 5.92 Å². The summed E-state index contributed by atoms with van der Waals surface area (Å²) in [7, 11) is 0. The second-order valence-corrected chi connectivity index (χ2v) is 7.17. The average Bonchev–Trinajstić information content (AvgIpc) is 3.13. The highest BCUT2D eigenvalue weighted by molar-refractivity contribution is 5.49. The first-order valence-electron chi connectivity index (χ1n) is 8.34. The fraction of sp³-hybridized carbons (Fsp3) is 0.765. The highest BCUT2D eigenvalue weighted by Crippen LogP contribution is 2.37. The normalized spacial score (nSPS) is 21.2. The van der Waals surface area contributed by atoms with Crippen LogP contribution in [0.5, 0.6) is 0 Å². The van der Waals surface area contributed by atoms with Crippen molar-refractivity contribution in [3.05, 3.63) is 11.9 Å². The van der Waals surface area contributed by atoms with E-state index in [4.69, 9.17) is 4.98 Å². The Morgan fingerprint density at radius 3 is 2.48 bits per heavy atom. The lowest BCUT2D eigenvalue weighted by Crippen LogP contribution is -2.19. The number of rotatable bonds is 7. The van der Waals surface area contributed by atoms with Crippen LogP contribution in [0.2, 0.25) is 0 Å². The Balaban J connectivity index is 2.12. The molecule has 118 valence electrons. The Morgan fingerprint density at radius 2 is 1.86 bits per heavy atom. The minimum Gasteiger partial charge on any atom is -0.370 e. The third-order valence-corrected chi connectivity index (χ3v) is 3.87. The molecular weight excluding hydrogens is 260 g/mol. The van der Waals surface area contributed by atoms with Crippen molar-refractivity contribution < 1.29 is 0 Å². The summed E-state index contributed by atoms with van der Waals surface area (Å²) >= 11 is 0. The van der Waals surface area contributed by atoms with Crippen LogP contribution in [-0.2, 0) is 5.41 Å². The molecule has 2 unspecified atom stereocenters. The van der Waals surface area contributed by atoms with Gasteiger partial charge in [-0.15, -0.1) is 0 Å². The van der Waals surface area contributed by atoms with E-state index in [-0.39, 0.29) is 5.41 Å². The maximum atomic E-state index is 4.73. The highest BCUT2D eigenvalue weighted by Gasteiger charge is 2.36. The molecule has 1 heterocycles. The molecule has 0 aromatic carbocycles. The van der Waals surface area contributed by atoms with Gasteiger partial charge in [0.1, 0.15) is 17.5 Å². The molecule has 4 nitrogen and oxygen atoms in total. The monoisotopic (exact) mass is 290 g/mol. The molecule has 0 bridgehead atoms. The van der Waals surface area contributed by atoms with E-state index >= 15 is 0 Å². The number of aromatic nitrogens is 2. The van der Waals surface area contributed by atoms with E-state index < -0.39 is 0 Å². The number of hydrogen-bond donors (Lipinski definition) is 2. The number of nitrogens with zero attached hydrogens (tertiary/aromatic N) is 2. The molecule has 2 N–H and O–H groups in total. The first-order chi connectivity index (χ1) is 9.94. The van der Waals surface area contributed by atoms with Crippen LogP contribution in [-0.4, -0.2) is 22.6 Å². The lowest BCUT2D eigenvalue weighted by atomic mass is 9.96. The van der Waals surface area contributed by atoms with Crippen LogP contribution in [0.1, 0.15) is 66.1 Å². The summed E-state index contributed by atoms with van der Waals surface area (Å²) in [6, 6.07) is 2.65. The molecule has 1 aromatic rings. The Morgan fingerprint density at radius 1 is 1.14 bits per heavy atom. The number of nitrogens with one attached hydrogen (secondary N) is 2. The molecule has 1 fully saturated rings. The molecule has 2 atom stereocenters. The summed E-state index contributed by atoms with van der Waals surface area (Å²) in [6.45, 7) is 11.8. The van der Waals surface area contributed by atoms with Gasteiger partial charge < -0.3 is 10.6 Å². The maximum absolute atomic E-state index is 4.73. The van der Waals surface area contributed by atoms with Crippen LogP contribution in [0.25, 0.3) is 0 Å². The van der Waals surface area contributed by atoms with E-state index in [2.05, 4.69) is 50.2 Å². The first-order valence-corrected chi connectivity index (χ1v) is 8.34. The fourth-order valence-corrected chi connectivity index (χ4v) is 2.50. The third-order valence-electron chi connectivity index (χ3n) is 3.87. The molecule has 2 rings (SSSR count). The van der Waals surface area contributed by atoms with E-state index in [1.165, 1.54) is 19.3 Å². The molecule has 1 aliphatic carbocycles. The Bertz CT molecular complexity index is 464. The zero-order valence-electron chi connectivity index (χ0n) is 14.2. The molecule has 0 aliphatic heterocycles. The van der Waals surface area contributed by atoms with Crippen molar-refractivity contribution >= 4 is 11.6 Å². The minimum atomic E-state index is -0.0350. The minimum absolute atomic E-state index is 0.0350. The molecule has 0 spiro atoms. The molecule has 1 aromatic heterocycles. The smallest absolute Gasteiger partial charge is 0.138 e. The summed E-state index contributed by atoms with van der Waals surface area (Å²) in [4.78, 5) is 9.39. The Labute approximate surface area is 129 Å². The Hall–Kier alpha value is -1.32. The van der Waals surface area contributed by atoms with E-state index in [0.717, 1.165) is 36.3 Å². The van der Waals surface area contributed by atoms with E-state index in [1.54, 1.807) is 0 Å². The fourth-order valence-electron chi connectivity index (χ4n) is 2.50. The van der Waals surface area contributed by atoms with Gasteiger partial charge >= 0.3 is 0 Å². The SMILES string of the molecule is CCCNc1cc(NC2CC2CCC)nc(C(C)(C)C)n1. The summed E-state index contributed by atoms with van der Waals surface area (Å²) in [5.41, 5.74) is -0.0350. The molecule has 0 saturated heterocycles. The largest absolute Gasteiger partial charge is 0.370 e. The lowest BCUT2D eigenvalue weighted by Gasteiger charge is -2.19. The first kappa shape index (κ1) is 16.1. The standard InChI is InChI=1S/C17H30N4/c1-6-8-12-10-13(12)19-15-11-14(18-9-7-2)20-16(21-15)17(3,4)5/h11-13H,6-10H2,1-5H3,(H2,18,19,20,21). The molecule has 0 amide bonds. The summed E-state index contributed by atoms with van der Waals surface area (Å²) < 4.78 is 0. The zero-order chi connectivity index (χ0) is 15.5. The van der Waals surface area contributed by atoms with Gasteiger partial charge in [-0.3, -0.25) is 0 Å². The zero-order valence-corrected chi connectivity index (χ0v) is 14.2. The molecule has 0 radical (unpaired) electrons. The molecule has 1 aliphatic rings. The van der Waals surface area contributed by atoms with Crippen molar-refractivity contribution in [2.45, 2.75) is 71.8 Å². The van der Waals surface area contributed by atoms with Gasteiger partial charge in [-0.25, -0.2) is 9.97 Å². The second kappa shape index (κ2) is 6.63. The number of hydrogen-bond acceptors (Lipinski definition) is 4. The maximum Gasteiger partial charge on any atom is 0.138 e. The Kier molecular flexibility index (Phi) is 5.07. The van der Waals surface area contributed by atoms with Gasteiger partial charge in [0.25, 0.3) is 0 Å². The van der Waals surface area contributed by atoms with Gasteiger partial charge in [0.15, 0.2) is 0 Å². The van der Waals surface area contributed by atoms with Crippen LogP contribution in [0, 0.1) is 5.92 Å². The van der Waals surface area contributed by atoms with E-state index in [1.807, 2.05) is 6.07 Å². The van der Waals surface area contributed by atoms with Crippen molar-refractivity contribution in [3.63, 3.8) is 0 Å². The van der Waals surface area contributed by atoms with Crippen LogP contribution in [0.3, 0.4) is 0 Å². The van der Waals surface area contributed by atoms with Crippen LogP contribution in [0.15, 0.2) is 6.07 Å². The lowest BCUT2D eigenvalue weighted by molar-refractivity contribution is 0.546. The predicted molar refractivity (Wildman–Crippen MR) is 89.9 cm³/mol. The summed E-state index contributed by atoms with van der Waals surface area (Å²) in [6.07, 6.45) is 4.96. The molecular formula is C17H30N4. The molecule has 4 heteroatoms. The quantitative estimate of drug-likeness (QED) is 0.790. The van der Waals surface area contributed by atoms with Crippen LogP contribution < -0.4 is 10.6 Å². The van der Waals surface area contributed by atoms with Crippen molar-refractivity contribution in [1.82, 2.24) is 9.97 Å². The van der Waals surface area contributed by atoms with Crippen LogP contribution >= 0.6 is 0 Å². The van der Waals surface area contributed by atoms with Gasteiger partial charge in [0, 0.05) is 24.1 Å². The van der Waals surface area contributed by atoms with Crippen molar-refractivity contribution in [3.8, 4) is 0 Å².